The summed E-state index contributed by atoms with van der Waals surface area (Å²) < 4.78 is 4.21. The lowest BCUT2D eigenvalue weighted by atomic mass is 9.99. The largest absolute Gasteiger partial charge is 0.383 e. The van der Waals surface area contributed by atoms with Crippen LogP contribution in [0.3, 0.4) is 0 Å². The van der Waals surface area contributed by atoms with Gasteiger partial charge in [0.25, 0.3) is 0 Å². The Labute approximate surface area is 106 Å². The van der Waals surface area contributed by atoms with Crippen molar-refractivity contribution in [1.29, 1.82) is 0 Å². The number of hydrogen-bond donors (Lipinski definition) is 2. The molecule has 4 nitrogen and oxygen atoms in total. The predicted octanol–water partition coefficient (Wildman–Crippen LogP) is 2.07. The van der Waals surface area contributed by atoms with E-state index in [9.17, 15) is 0 Å². The number of nitrogens with two attached hydrogens (primary N) is 1. The Kier molecular flexibility index (Phi) is 2.96. The summed E-state index contributed by atoms with van der Waals surface area (Å²) in [4.78, 5) is 2.64. The van der Waals surface area contributed by atoms with Crippen LogP contribution in [0.5, 0.6) is 0 Å². The quantitative estimate of drug-likeness (QED) is 0.846. The van der Waals surface area contributed by atoms with Crippen LogP contribution in [0.15, 0.2) is 0 Å². The first-order valence-corrected chi connectivity index (χ1v) is 7.25. The minimum atomic E-state index is 0.592. The average Bonchev–Trinajstić information content (AvgIpc) is 2.89. The van der Waals surface area contributed by atoms with Crippen LogP contribution in [0, 0.1) is 6.92 Å². The summed E-state index contributed by atoms with van der Waals surface area (Å²) in [6.45, 7) is 4.58. The topological polar surface area (TPSA) is 54.2 Å². The first-order chi connectivity index (χ1) is 8.25. The summed E-state index contributed by atoms with van der Waals surface area (Å²) in [5.41, 5.74) is 6.91. The van der Waals surface area contributed by atoms with E-state index in [0.29, 0.717) is 11.9 Å². The molecule has 2 unspecified atom stereocenters. The van der Waals surface area contributed by atoms with Gasteiger partial charge >= 0.3 is 0 Å². The van der Waals surface area contributed by atoms with Gasteiger partial charge in [-0.2, -0.15) is 4.37 Å². The zero-order valence-corrected chi connectivity index (χ0v) is 11.1. The van der Waals surface area contributed by atoms with E-state index in [-0.39, 0.29) is 0 Å². The highest BCUT2D eigenvalue weighted by Crippen LogP contribution is 2.32. The summed E-state index contributed by atoms with van der Waals surface area (Å²) in [6.07, 6.45) is 5.34. The van der Waals surface area contributed by atoms with Crippen LogP contribution in [0.1, 0.15) is 31.2 Å². The predicted molar refractivity (Wildman–Crippen MR) is 72.5 cm³/mol. The molecule has 2 aliphatic heterocycles. The Morgan fingerprint density at radius 2 is 2.24 bits per heavy atom. The van der Waals surface area contributed by atoms with Crippen molar-refractivity contribution in [3.05, 3.63) is 5.56 Å². The van der Waals surface area contributed by atoms with E-state index < -0.39 is 0 Å². The van der Waals surface area contributed by atoms with Gasteiger partial charge in [-0.3, -0.25) is 4.90 Å². The number of hydrogen-bond acceptors (Lipinski definition) is 5. The number of piperidine rings is 1. The molecule has 5 heteroatoms. The minimum absolute atomic E-state index is 0.592. The first kappa shape index (κ1) is 11.3. The lowest BCUT2D eigenvalue weighted by Gasteiger charge is -2.32. The molecule has 0 spiro atoms. The van der Waals surface area contributed by atoms with Crippen LogP contribution in [0.4, 0.5) is 10.8 Å². The van der Waals surface area contributed by atoms with E-state index in [4.69, 9.17) is 5.73 Å². The molecule has 2 aliphatic rings. The Hall–Kier alpha value is -0.810. The van der Waals surface area contributed by atoms with Crippen LogP contribution in [0.25, 0.3) is 0 Å². The van der Waals surface area contributed by atoms with Crippen LogP contribution >= 0.6 is 11.5 Å². The molecule has 0 aromatic carbocycles. The second-order valence-corrected chi connectivity index (χ2v) is 5.93. The van der Waals surface area contributed by atoms with Crippen LogP contribution in [0.2, 0.25) is 0 Å². The van der Waals surface area contributed by atoms with E-state index in [0.717, 1.165) is 11.6 Å². The lowest BCUT2D eigenvalue weighted by molar-refractivity contribution is 0.193. The van der Waals surface area contributed by atoms with Gasteiger partial charge in [-0.1, -0.05) is 6.42 Å². The standard InChI is InChI=1S/C12H20N4S/c1-8-11(13)15-17-12(8)14-9-5-7-16-6-3-2-4-10(9)16/h9-10,14H,2-7H2,1H3,(H2,13,15). The molecule has 2 atom stereocenters. The van der Waals surface area contributed by atoms with E-state index in [1.165, 1.54) is 55.3 Å². The highest BCUT2D eigenvalue weighted by Gasteiger charge is 2.35. The fourth-order valence-corrected chi connectivity index (χ4v) is 3.84. The molecule has 0 radical (unpaired) electrons. The van der Waals surface area contributed by atoms with Gasteiger partial charge in [0.1, 0.15) is 10.8 Å². The summed E-state index contributed by atoms with van der Waals surface area (Å²) in [5.74, 6) is 0.677. The van der Waals surface area contributed by atoms with E-state index in [1.807, 2.05) is 0 Å². The zero-order chi connectivity index (χ0) is 11.8. The Morgan fingerprint density at radius 1 is 1.35 bits per heavy atom. The maximum atomic E-state index is 5.80. The van der Waals surface area contributed by atoms with Crippen LogP contribution < -0.4 is 11.1 Å². The average molecular weight is 252 g/mol. The smallest absolute Gasteiger partial charge is 0.142 e. The van der Waals surface area contributed by atoms with Crippen molar-refractivity contribution in [1.82, 2.24) is 9.27 Å². The summed E-state index contributed by atoms with van der Waals surface area (Å²) in [5, 5.41) is 4.83. The number of anilines is 2. The number of rotatable bonds is 2. The van der Waals surface area contributed by atoms with Crippen LogP contribution in [-0.2, 0) is 0 Å². The number of nitrogen functional groups attached to an aromatic ring is 1. The summed E-state index contributed by atoms with van der Waals surface area (Å²) >= 11 is 1.50. The van der Waals surface area contributed by atoms with E-state index in [1.54, 1.807) is 0 Å². The molecule has 0 aliphatic carbocycles. The van der Waals surface area contributed by atoms with Gasteiger partial charge < -0.3 is 11.1 Å². The molecular formula is C12H20N4S. The van der Waals surface area contributed by atoms with Gasteiger partial charge in [0.05, 0.1) is 0 Å². The molecule has 1 aromatic heterocycles. The number of nitrogens with one attached hydrogen (secondary N) is 1. The van der Waals surface area contributed by atoms with Crippen molar-refractivity contribution in [2.75, 3.05) is 24.1 Å². The SMILES string of the molecule is Cc1c(N)nsc1NC1CCN2CCCCC12. The molecular weight excluding hydrogens is 232 g/mol. The van der Waals surface area contributed by atoms with Crippen molar-refractivity contribution < 1.29 is 0 Å². The molecule has 2 saturated heterocycles. The normalized spacial score (nSPS) is 29.2. The second-order valence-electron chi connectivity index (χ2n) is 5.16. The molecule has 3 heterocycles. The lowest BCUT2D eigenvalue weighted by Crippen LogP contribution is -2.41. The van der Waals surface area contributed by atoms with Crippen molar-refractivity contribution >= 4 is 22.4 Å². The van der Waals surface area contributed by atoms with Gasteiger partial charge in [0, 0.05) is 24.2 Å². The molecule has 3 N–H and O–H groups in total. The number of fused-ring (bicyclic) bond motifs is 1. The highest BCUT2D eigenvalue weighted by atomic mass is 32.1. The van der Waals surface area contributed by atoms with Crippen molar-refractivity contribution in [3.63, 3.8) is 0 Å². The molecule has 0 bridgehead atoms. The number of aromatic nitrogens is 1. The van der Waals surface area contributed by atoms with Crippen LogP contribution in [-0.4, -0.2) is 34.4 Å². The Balaban J connectivity index is 1.71. The molecule has 94 valence electrons. The van der Waals surface area contributed by atoms with E-state index >= 15 is 0 Å². The van der Waals surface area contributed by atoms with Gasteiger partial charge in [-0.15, -0.1) is 0 Å². The monoisotopic (exact) mass is 252 g/mol. The third kappa shape index (κ3) is 2.02. The molecule has 0 saturated carbocycles. The summed E-state index contributed by atoms with van der Waals surface area (Å²) in [7, 11) is 0. The second kappa shape index (κ2) is 4.46. The first-order valence-electron chi connectivity index (χ1n) is 6.48. The van der Waals surface area contributed by atoms with Crippen molar-refractivity contribution in [2.45, 2.75) is 44.7 Å². The van der Waals surface area contributed by atoms with Gasteiger partial charge in [0.2, 0.25) is 0 Å². The fraction of sp³-hybridized carbons (Fsp3) is 0.750. The zero-order valence-electron chi connectivity index (χ0n) is 10.3. The highest BCUT2D eigenvalue weighted by molar-refractivity contribution is 7.10. The Bertz CT molecular complexity index is 403. The van der Waals surface area contributed by atoms with Crippen molar-refractivity contribution in [2.24, 2.45) is 0 Å². The number of nitrogens with zero attached hydrogens (tertiary/aromatic N) is 2. The maximum Gasteiger partial charge on any atom is 0.142 e. The van der Waals surface area contributed by atoms with Gasteiger partial charge in [0.15, 0.2) is 0 Å². The summed E-state index contributed by atoms with van der Waals surface area (Å²) in [6, 6.07) is 1.32. The minimum Gasteiger partial charge on any atom is -0.383 e. The molecule has 3 rings (SSSR count). The molecule has 0 amide bonds. The molecule has 1 aromatic rings. The fourth-order valence-electron chi connectivity index (χ4n) is 3.07. The maximum absolute atomic E-state index is 5.80. The molecule has 17 heavy (non-hydrogen) atoms. The van der Waals surface area contributed by atoms with E-state index in [2.05, 4.69) is 21.5 Å². The van der Waals surface area contributed by atoms with Gasteiger partial charge in [-0.25, -0.2) is 0 Å². The Morgan fingerprint density at radius 3 is 3.00 bits per heavy atom. The van der Waals surface area contributed by atoms with Gasteiger partial charge in [-0.05, 0) is 44.3 Å². The third-order valence-electron chi connectivity index (χ3n) is 4.13. The van der Waals surface area contributed by atoms with Crippen molar-refractivity contribution in [3.8, 4) is 0 Å². The molecule has 2 fully saturated rings. The third-order valence-corrected chi connectivity index (χ3v) is 5.03.